The highest BCUT2D eigenvalue weighted by Gasteiger charge is 2.33. The van der Waals surface area contributed by atoms with E-state index in [2.05, 4.69) is 36.9 Å². The van der Waals surface area contributed by atoms with Crippen LogP contribution in [-0.2, 0) is 10.0 Å². The average molecular weight is 497 g/mol. The van der Waals surface area contributed by atoms with E-state index < -0.39 is 10.0 Å². The van der Waals surface area contributed by atoms with Crippen molar-refractivity contribution in [2.45, 2.75) is 44.4 Å². The van der Waals surface area contributed by atoms with E-state index in [1.54, 1.807) is 4.31 Å². The van der Waals surface area contributed by atoms with Crippen LogP contribution in [-0.4, -0.2) is 89.2 Å². The molecule has 3 aromatic rings. The third kappa shape index (κ3) is 4.83. The van der Waals surface area contributed by atoms with E-state index in [1.807, 2.05) is 18.6 Å². The Kier molecular flexibility index (Phi) is 6.51. The normalized spacial score (nSPS) is 24.1. The maximum atomic E-state index is 13.3. The van der Waals surface area contributed by atoms with Crippen LogP contribution in [0, 0.1) is 5.92 Å². The highest BCUT2D eigenvalue weighted by molar-refractivity contribution is 7.89. The maximum absolute atomic E-state index is 13.3. The van der Waals surface area contributed by atoms with E-state index in [4.69, 9.17) is 0 Å². The summed E-state index contributed by atoms with van der Waals surface area (Å²) in [4.78, 5) is 16.9. The molecule has 6 rings (SSSR count). The van der Waals surface area contributed by atoms with Gasteiger partial charge >= 0.3 is 0 Å². The molecule has 0 saturated carbocycles. The van der Waals surface area contributed by atoms with Crippen molar-refractivity contribution in [2.75, 3.05) is 51.7 Å². The highest BCUT2D eigenvalue weighted by atomic mass is 32.2. The van der Waals surface area contributed by atoms with Crippen molar-refractivity contribution >= 4 is 32.0 Å². The van der Waals surface area contributed by atoms with Gasteiger partial charge in [-0.05, 0) is 94.2 Å². The Bertz CT molecular complexity index is 1280. The number of likely N-dealkylation sites (tertiary alicyclic amines) is 2. The first-order valence-corrected chi connectivity index (χ1v) is 14.8. The number of piperidine rings is 2. The number of fused-ring (bicyclic) bond motifs is 3. The molecule has 8 nitrogen and oxygen atoms in total. The molecule has 3 aliphatic heterocycles. The fraction of sp³-hybridized carbons (Fsp3) is 0.615. The minimum atomic E-state index is -3.27. The van der Waals surface area contributed by atoms with E-state index in [0.29, 0.717) is 24.9 Å². The Hall–Kier alpha value is -2.07. The van der Waals surface area contributed by atoms with Crippen LogP contribution in [0.3, 0.4) is 0 Å². The molecule has 1 atom stereocenters. The van der Waals surface area contributed by atoms with Crippen molar-refractivity contribution in [3.63, 3.8) is 0 Å². The first-order valence-electron chi connectivity index (χ1n) is 13.2. The third-order valence-corrected chi connectivity index (χ3v) is 10.1. The fourth-order valence-electron chi connectivity index (χ4n) is 6.46. The molecule has 0 amide bonds. The van der Waals surface area contributed by atoms with Gasteiger partial charge in [0.2, 0.25) is 10.0 Å². The van der Waals surface area contributed by atoms with Crippen molar-refractivity contribution < 1.29 is 8.42 Å². The number of nitrogens with one attached hydrogen (secondary N) is 1. The topological polar surface area (TPSA) is 85.4 Å². The highest BCUT2D eigenvalue weighted by Crippen LogP contribution is 2.35. The van der Waals surface area contributed by atoms with Gasteiger partial charge in [-0.15, -0.1) is 0 Å². The molecular weight excluding hydrogens is 460 g/mol. The minimum Gasteiger partial charge on any atom is -0.346 e. The third-order valence-electron chi connectivity index (χ3n) is 8.29. The molecule has 3 saturated heterocycles. The smallest absolute Gasteiger partial charge is 0.227 e. The zero-order valence-electron chi connectivity index (χ0n) is 20.4. The molecule has 0 aromatic carbocycles. The SMILES string of the molecule is O=S(=O)(CN1CCC(c2ccnc3cnc4[nH]ccc4c23)CC1)N1CCCC(CN2CCCC2)C1. The summed E-state index contributed by atoms with van der Waals surface area (Å²) < 4.78 is 28.5. The average Bonchev–Trinajstić information content (AvgIpc) is 3.56. The molecule has 3 fully saturated rings. The second-order valence-corrected chi connectivity index (χ2v) is 12.6. The van der Waals surface area contributed by atoms with Crippen LogP contribution in [0.5, 0.6) is 0 Å². The van der Waals surface area contributed by atoms with Crippen LogP contribution in [0.4, 0.5) is 0 Å². The summed E-state index contributed by atoms with van der Waals surface area (Å²) in [5.74, 6) is 1.03. The molecule has 188 valence electrons. The lowest BCUT2D eigenvalue weighted by molar-refractivity contribution is 0.193. The molecule has 9 heteroatoms. The molecule has 0 aliphatic carbocycles. The second-order valence-electron chi connectivity index (χ2n) is 10.7. The summed E-state index contributed by atoms with van der Waals surface area (Å²) in [5.41, 5.74) is 3.12. The number of sulfonamides is 1. The van der Waals surface area contributed by atoms with Crippen molar-refractivity contribution in [3.8, 4) is 0 Å². The van der Waals surface area contributed by atoms with E-state index in [1.165, 1.54) is 36.9 Å². The summed E-state index contributed by atoms with van der Waals surface area (Å²) in [6, 6.07) is 4.22. The number of hydrogen-bond acceptors (Lipinski definition) is 6. The van der Waals surface area contributed by atoms with Crippen LogP contribution >= 0.6 is 0 Å². The monoisotopic (exact) mass is 496 g/mol. The zero-order valence-corrected chi connectivity index (χ0v) is 21.2. The molecule has 1 unspecified atom stereocenters. The van der Waals surface area contributed by atoms with Gasteiger partial charge in [0.15, 0.2) is 0 Å². The first-order chi connectivity index (χ1) is 17.1. The molecule has 6 heterocycles. The fourth-order valence-corrected chi connectivity index (χ4v) is 8.19. The maximum Gasteiger partial charge on any atom is 0.227 e. The Balaban J connectivity index is 1.10. The van der Waals surface area contributed by atoms with Gasteiger partial charge in [0.25, 0.3) is 0 Å². The van der Waals surface area contributed by atoms with E-state index in [0.717, 1.165) is 61.9 Å². The predicted molar refractivity (Wildman–Crippen MR) is 139 cm³/mol. The van der Waals surface area contributed by atoms with Crippen LogP contribution in [0.2, 0.25) is 0 Å². The first kappa shape index (κ1) is 23.3. The summed E-state index contributed by atoms with van der Waals surface area (Å²) in [5, 5.41) is 2.30. The lowest BCUT2D eigenvalue weighted by Gasteiger charge is -2.37. The number of pyridine rings is 2. The number of aromatic nitrogens is 3. The standard InChI is InChI=1S/C26H36N6O2S/c33-35(34,32-13-3-4-20(18-32)17-30-11-1-2-12-30)19-31-14-7-21(8-15-31)22-5-9-27-24-16-29-26-23(25(22)24)6-10-28-26/h5-6,9-10,16,20-21H,1-4,7-8,11-15,17-19H2,(H,28,29). The summed E-state index contributed by atoms with van der Waals surface area (Å²) in [7, 11) is -3.27. The lowest BCUT2D eigenvalue weighted by atomic mass is 9.87. The Morgan fingerprint density at radius 2 is 1.77 bits per heavy atom. The summed E-state index contributed by atoms with van der Waals surface area (Å²) in [6.07, 6.45) is 12.3. The molecule has 0 spiro atoms. The number of nitrogens with zero attached hydrogens (tertiary/aromatic N) is 5. The van der Waals surface area contributed by atoms with Crippen LogP contribution in [0.25, 0.3) is 21.9 Å². The number of aromatic amines is 1. The van der Waals surface area contributed by atoms with E-state index in [-0.39, 0.29) is 5.88 Å². The van der Waals surface area contributed by atoms with Gasteiger partial charge in [-0.2, -0.15) is 0 Å². The number of H-pyrrole nitrogens is 1. The Morgan fingerprint density at radius 1 is 0.943 bits per heavy atom. The molecule has 0 radical (unpaired) electrons. The molecule has 1 N–H and O–H groups in total. The van der Waals surface area contributed by atoms with Crippen molar-refractivity contribution in [3.05, 3.63) is 36.3 Å². The Labute approximate surface area is 207 Å². The predicted octanol–water partition coefficient (Wildman–Crippen LogP) is 3.39. The van der Waals surface area contributed by atoms with Gasteiger partial charge in [0.1, 0.15) is 11.5 Å². The summed E-state index contributed by atoms with van der Waals surface area (Å²) >= 11 is 0. The van der Waals surface area contributed by atoms with Crippen LogP contribution in [0.1, 0.15) is 50.0 Å². The molecule has 0 bridgehead atoms. The second kappa shape index (κ2) is 9.76. The molecule has 3 aliphatic rings. The van der Waals surface area contributed by atoms with Crippen molar-refractivity contribution in [1.29, 1.82) is 0 Å². The van der Waals surface area contributed by atoms with Gasteiger partial charge in [-0.1, -0.05) is 0 Å². The minimum absolute atomic E-state index is 0.152. The molecular formula is C26H36N6O2S. The van der Waals surface area contributed by atoms with Crippen LogP contribution in [0.15, 0.2) is 30.7 Å². The lowest BCUT2D eigenvalue weighted by Crippen LogP contribution is -2.47. The zero-order chi connectivity index (χ0) is 23.8. The largest absolute Gasteiger partial charge is 0.346 e. The van der Waals surface area contributed by atoms with Crippen molar-refractivity contribution in [2.24, 2.45) is 5.92 Å². The van der Waals surface area contributed by atoms with E-state index in [9.17, 15) is 8.42 Å². The van der Waals surface area contributed by atoms with Gasteiger partial charge in [-0.25, -0.2) is 17.7 Å². The van der Waals surface area contributed by atoms with Crippen molar-refractivity contribution in [1.82, 2.24) is 29.1 Å². The molecule has 3 aromatic heterocycles. The quantitative estimate of drug-likeness (QED) is 0.563. The van der Waals surface area contributed by atoms with Crippen LogP contribution < -0.4 is 0 Å². The summed E-state index contributed by atoms with van der Waals surface area (Å²) in [6.45, 7) is 6.40. The van der Waals surface area contributed by atoms with Gasteiger partial charge in [0.05, 0.1) is 11.7 Å². The Morgan fingerprint density at radius 3 is 2.60 bits per heavy atom. The molecule has 35 heavy (non-hydrogen) atoms. The van der Waals surface area contributed by atoms with Gasteiger partial charge in [0, 0.05) is 42.8 Å². The van der Waals surface area contributed by atoms with Gasteiger partial charge < -0.3 is 9.88 Å². The van der Waals surface area contributed by atoms with Gasteiger partial charge in [-0.3, -0.25) is 9.88 Å². The number of hydrogen-bond donors (Lipinski definition) is 1. The van der Waals surface area contributed by atoms with E-state index >= 15 is 0 Å². The number of rotatable bonds is 6.